The lowest BCUT2D eigenvalue weighted by Gasteiger charge is -2.00. The first-order chi connectivity index (χ1) is 7.19. The maximum Gasteiger partial charge on any atom is 0.221 e. The minimum Gasteiger partial charge on any atom is -0.453 e. The molecule has 1 heterocycles. The number of carbonyl (C=O) groups excluding carboxylic acids is 2. The van der Waals surface area contributed by atoms with Gasteiger partial charge in [0.05, 0.1) is 0 Å². The summed E-state index contributed by atoms with van der Waals surface area (Å²) in [6.07, 6.45) is 0.651. The van der Waals surface area contributed by atoms with Gasteiger partial charge in [-0.1, -0.05) is 0 Å². The lowest BCUT2D eigenvalue weighted by Crippen LogP contribution is -2.05. The molecule has 0 aliphatic rings. The normalized spacial score (nSPS) is 10.2. The molecule has 0 aliphatic carbocycles. The number of rotatable bonds is 2. The fourth-order valence-electron chi connectivity index (χ4n) is 1.40. The van der Waals surface area contributed by atoms with Gasteiger partial charge in [0.1, 0.15) is 5.58 Å². The molecule has 76 valence electrons. The third-order valence-electron chi connectivity index (χ3n) is 1.97. The Morgan fingerprint density at radius 1 is 1.40 bits per heavy atom. The van der Waals surface area contributed by atoms with Gasteiger partial charge in [0, 0.05) is 18.0 Å². The lowest BCUT2D eigenvalue weighted by atomic mass is 10.2. The van der Waals surface area contributed by atoms with Crippen molar-refractivity contribution in [2.75, 3.05) is 5.32 Å². The van der Waals surface area contributed by atoms with E-state index < -0.39 is 0 Å². The zero-order valence-electron chi connectivity index (χ0n) is 8.11. The van der Waals surface area contributed by atoms with Gasteiger partial charge >= 0.3 is 0 Å². The first-order valence-electron chi connectivity index (χ1n) is 4.45. The van der Waals surface area contributed by atoms with Gasteiger partial charge < -0.3 is 9.73 Å². The molecule has 0 spiro atoms. The van der Waals surface area contributed by atoms with Crippen LogP contribution in [-0.4, -0.2) is 12.2 Å². The van der Waals surface area contributed by atoms with E-state index in [9.17, 15) is 9.59 Å². The van der Waals surface area contributed by atoms with Gasteiger partial charge in [-0.2, -0.15) is 0 Å². The highest BCUT2D eigenvalue weighted by atomic mass is 16.3. The number of hydrogen-bond acceptors (Lipinski definition) is 3. The van der Waals surface area contributed by atoms with Crippen LogP contribution in [0.2, 0.25) is 0 Å². The number of hydrogen-bond donors (Lipinski definition) is 1. The van der Waals surface area contributed by atoms with E-state index in [1.54, 1.807) is 24.3 Å². The summed E-state index contributed by atoms with van der Waals surface area (Å²) in [4.78, 5) is 21.3. The van der Waals surface area contributed by atoms with Gasteiger partial charge in [0.2, 0.25) is 5.91 Å². The Morgan fingerprint density at radius 3 is 2.87 bits per heavy atom. The average Bonchev–Trinajstić information content (AvgIpc) is 2.58. The third-order valence-corrected chi connectivity index (χ3v) is 1.97. The van der Waals surface area contributed by atoms with E-state index in [0.29, 0.717) is 17.6 Å². The number of fused-ring (bicyclic) bond motifs is 1. The first-order valence-corrected chi connectivity index (χ1v) is 4.45. The van der Waals surface area contributed by atoms with Crippen molar-refractivity contribution in [3.63, 3.8) is 0 Å². The van der Waals surface area contributed by atoms with Crippen molar-refractivity contribution in [3.05, 3.63) is 30.0 Å². The second kappa shape index (κ2) is 3.57. The van der Waals surface area contributed by atoms with E-state index in [4.69, 9.17) is 4.42 Å². The van der Waals surface area contributed by atoms with Crippen molar-refractivity contribution in [2.24, 2.45) is 0 Å². The summed E-state index contributed by atoms with van der Waals surface area (Å²) in [7, 11) is 0. The van der Waals surface area contributed by atoms with E-state index in [0.717, 1.165) is 5.39 Å². The Hall–Kier alpha value is -2.10. The Balaban J connectivity index is 2.45. The van der Waals surface area contributed by atoms with E-state index in [1.165, 1.54) is 6.92 Å². The van der Waals surface area contributed by atoms with E-state index in [-0.39, 0.29) is 11.7 Å². The number of amides is 1. The maximum absolute atomic E-state index is 10.8. The van der Waals surface area contributed by atoms with Crippen LogP contribution in [0.15, 0.2) is 28.7 Å². The summed E-state index contributed by atoms with van der Waals surface area (Å²) < 4.78 is 5.20. The van der Waals surface area contributed by atoms with Gasteiger partial charge in [0.25, 0.3) is 0 Å². The molecule has 2 rings (SSSR count). The Morgan fingerprint density at radius 2 is 2.20 bits per heavy atom. The monoisotopic (exact) mass is 203 g/mol. The molecule has 0 saturated carbocycles. The van der Waals surface area contributed by atoms with Gasteiger partial charge in [-0.3, -0.25) is 9.59 Å². The van der Waals surface area contributed by atoms with Crippen LogP contribution in [0.25, 0.3) is 11.0 Å². The molecule has 1 amide bonds. The second-order valence-corrected chi connectivity index (χ2v) is 3.20. The summed E-state index contributed by atoms with van der Waals surface area (Å²) in [5.74, 6) is 0.151. The van der Waals surface area contributed by atoms with Crippen LogP contribution >= 0.6 is 0 Å². The van der Waals surface area contributed by atoms with Crippen molar-refractivity contribution in [3.8, 4) is 0 Å². The summed E-state index contributed by atoms with van der Waals surface area (Å²) in [5, 5.41) is 3.45. The highest BCUT2D eigenvalue weighted by Gasteiger charge is 2.04. The molecule has 0 bridgehead atoms. The van der Waals surface area contributed by atoms with Gasteiger partial charge in [-0.05, 0) is 24.3 Å². The first kappa shape index (κ1) is 9.45. The summed E-state index contributed by atoms with van der Waals surface area (Å²) in [6, 6.07) is 6.83. The Labute approximate surface area is 85.9 Å². The standard InChI is InChI=1S/C11H9NO3/c1-7(14)12-9-2-3-11-8(4-9)5-10(6-13)15-11/h2-6H,1H3,(H,12,14). The summed E-state index contributed by atoms with van der Waals surface area (Å²) in [6.45, 7) is 1.44. The molecular formula is C11H9NO3. The highest BCUT2D eigenvalue weighted by molar-refractivity contribution is 5.93. The minimum absolute atomic E-state index is 0.131. The molecule has 2 aromatic rings. The minimum atomic E-state index is -0.131. The zero-order chi connectivity index (χ0) is 10.8. The van der Waals surface area contributed by atoms with Crippen molar-refractivity contribution >= 4 is 28.8 Å². The molecule has 0 radical (unpaired) electrons. The summed E-state index contributed by atoms with van der Waals surface area (Å²) >= 11 is 0. The predicted molar refractivity (Wildman–Crippen MR) is 55.9 cm³/mol. The van der Waals surface area contributed by atoms with Crippen LogP contribution in [-0.2, 0) is 4.79 Å². The van der Waals surface area contributed by atoms with Crippen LogP contribution in [0.1, 0.15) is 17.5 Å². The molecule has 0 unspecified atom stereocenters. The van der Waals surface area contributed by atoms with Crippen molar-refractivity contribution in [2.45, 2.75) is 6.92 Å². The number of nitrogens with one attached hydrogen (secondary N) is 1. The molecule has 0 aliphatic heterocycles. The maximum atomic E-state index is 10.8. The van der Waals surface area contributed by atoms with Gasteiger partial charge in [0.15, 0.2) is 12.0 Å². The lowest BCUT2D eigenvalue weighted by molar-refractivity contribution is -0.114. The largest absolute Gasteiger partial charge is 0.453 e. The quantitative estimate of drug-likeness (QED) is 0.761. The number of anilines is 1. The molecule has 4 nitrogen and oxygen atoms in total. The topological polar surface area (TPSA) is 59.3 Å². The van der Waals surface area contributed by atoms with E-state index in [1.807, 2.05) is 0 Å². The van der Waals surface area contributed by atoms with E-state index in [2.05, 4.69) is 5.32 Å². The van der Waals surface area contributed by atoms with Crippen LogP contribution in [0.5, 0.6) is 0 Å². The second-order valence-electron chi connectivity index (χ2n) is 3.20. The van der Waals surface area contributed by atoms with Crippen LogP contribution in [0.4, 0.5) is 5.69 Å². The number of carbonyl (C=O) groups is 2. The van der Waals surface area contributed by atoms with Crippen LogP contribution in [0, 0.1) is 0 Å². The fourth-order valence-corrected chi connectivity index (χ4v) is 1.40. The Bertz CT molecular complexity index is 528. The number of aldehydes is 1. The molecule has 0 atom stereocenters. The fraction of sp³-hybridized carbons (Fsp3) is 0.0909. The molecular weight excluding hydrogens is 194 g/mol. The van der Waals surface area contributed by atoms with Crippen molar-refractivity contribution in [1.29, 1.82) is 0 Å². The van der Waals surface area contributed by atoms with Gasteiger partial charge in [-0.15, -0.1) is 0 Å². The number of benzene rings is 1. The molecule has 1 aromatic carbocycles. The molecule has 1 aromatic heterocycles. The Kier molecular flexibility index (Phi) is 2.25. The molecule has 0 saturated heterocycles. The highest BCUT2D eigenvalue weighted by Crippen LogP contribution is 2.22. The molecule has 4 heteroatoms. The average molecular weight is 203 g/mol. The zero-order valence-corrected chi connectivity index (χ0v) is 8.11. The van der Waals surface area contributed by atoms with Gasteiger partial charge in [-0.25, -0.2) is 0 Å². The molecule has 1 N–H and O–H groups in total. The van der Waals surface area contributed by atoms with Crippen molar-refractivity contribution < 1.29 is 14.0 Å². The third kappa shape index (κ3) is 1.88. The predicted octanol–water partition coefficient (Wildman–Crippen LogP) is 2.20. The smallest absolute Gasteiger partial charge is 0.221 e. The van der Waals surface area contributed by atoms with Crippen molar-refractivity contribution in [1.82, 2.24) is 0 Å². The number of furan rings is 1. The summed E-state index contributed by atoms with van der Waals surface area (Å²) in [5.41, 5.74) is 1.32. The SMILES string of the molecule is CC(=O)Nc1ccc2oc(C=O)cc2c1. The molecule has 15 heavy (non-hydrogen) atoms. The van der Waals surface area contributed by atoms with Crippen LogP contribution < -0.4 is 5.32 Å². The molecule has 0 fully saturated rings. The van der Waals surface area contributed by atoms with E-state index >= 15 is 0 Å². The van der Waals surface area contributed by atoms with Crippen LogP contribution in [0.3, 0.4) is 0 Å².